The van der Waals surface area contributed by atoms with Crippen molar-refractivity contribution >= 4 is 22.9 Å². The van der Waals surface area contributed by atoms with Crippen molar-refractivity contribution in [3.05, 3.63) is 24.3 Å². The number of nitrogens with zero attached hydrogens (tertiary/aromatic N) is 3. The van der Waals surface area contributed by atoms with Gasteiger partial charge in [0.15, 0.2) is 0 Å². The summed E-state index contributed by atoms with van der Waals surface area (Å²) >= 11 is 0. The number of hydrogen-bond donors (Lipinski definition) is 1. The van der Waals surface area contributed by atoms with E-state index in [4.69, 9.17) is 0 Å². The van der Waals surface area contributed by atoms with Gasteiger partial charge in [0.25, 0.3) is 0 Å². The Morgan fingerprint density at radius 1 is 1.30 bits per heavy atom. The van der Waals surface area contributed by atoms with Crippen molar-refractivity contribution in [2.45, 2.75) is 19.3 Å². The van der Waals surface area contributed by atoms with Crippen LogP contribution in [0.4, 0.5) is 5.95 Å². The molecule has 1 aromatic heterocycles. The van der Waals surface area contributed by atoms with Crippen molar-refractivity contribution in [1.82, 2.24) is 14.5 Å². The van der Waals surface area contributed by atoms with Crippen molar-refractivity contribution in [3.8, 4) is 0 Å². The van der Waals surface area contributed by atoms with E-state index in [2.05, 4.69) is 10.3 Å². The molecule has 1 N–H and O–H groups in total. The Bertz CT molecular complexity index is 613. The molecule has 0 saturated carbocycles. The molecule has 1 aliphatic heterocycles. The summed E-state index contributed by atoms with van der Waals surface area (Å²) in [7, 11) is 1.99. The standard InChI is InChI=1S/C15H20N4O/c1-18-13-7-3-2-6-12(13)17-15(18)16-9-8-14(20)19-10-4-5-11-19/h2-3,6-7H,4-5,8-11H2,1H3,(H,16,17). The lowest BCUT2D eigenvalue weighted by Crippen LogP contribution is -2.29. The molecule has 2 heterocycles. The summed E-state index contributed by atoms with van der Waals surface area (Å²) in [5, 5.41) is 3.26. The number of aryl methyl sites for hydroxylation is 1. The predicted octanol–water partition coefficient (Wildman–Crippen LogP) is 2.00. The van der Waals surface area contributed by atoms with E-state index >= 15 is 0 Å². The first kappa shape index (κ1) is 13.0. The van der Waals surface area contributed by atoms with Crippen molar-refractivity contribution in [2.24, 2.45) is 7.05 Å². The predicted molar refractivity (Wildman–Crippen MR) is 79.6 cm³/mol. The third kappa shape index (κ3) is 2.48. The summed E-state index contributed by atoms with van der Waals surface area (Å²) in [5.74, 6) is 1.06. The highest BCUT2D eigenvalue weighted by atomic mass is 16.2. The van der Waals surface area contributed by atoms with Crippen LogP contribution in [-0.4, -0.2) is 40.0 Å². The van der Waals surface area contributed by atoms with E-state index in [1.165, 1.54) is 0 Å². The minimum absolute atomic E-state index is 0.244. The number of nitrogens with one attached hydrogen (secondary N) is 1. The highest BCUT2D eigenvalue weighted by Crippen LogP contribution is 2.17. The zero-order valence-electron chi connectivity index (χ0n) is 11.8. The summed E-state index contributed by atoms with van der Waals surface area (Å²) in [6.45, 7) is 2.47. The van der Waals surface area contributed by atoms with E-state index < -0.39 is 0 Å². The molecule has 20 heavy (non-hydrogen) atoms. The molecule has 5 heteroatoms. The van der Waals surface area contributed by atoms with Crippen LogP contribution in [0.15, 0.2) is 24.3 Å². The average molecular weight is 272 g/mol. The largest absolute Gasteiger partial charge is 0.355 e. The van der Waals surface area contributed by atoms with Crippen molar-refractivity contribution in [3.63, 3.8) is 0 Å². The number of amides is 1. The van der Waals surface area contributed by atoms with Crippen molar-refractivity contribution in [1.29, 1.82) is 0 Å². The fourth-order valence-electron chi connectivity index (χ4n) is 2.71. The van der Waals surface area contributed by atoms with Gasteiger partial charge in [0.2, 0.25) is 11.9 Å². The first-order valence-corrected chi connectivity index (χ1v) is 7.19. The zero-order chi connectivity index (χ0) is 13.9. The van der Waals surface area contributed by atoms with Gasteiger partial charge in [0.1, 0.15) is 0 Å². The average Bonchev–Trinajstić information content (AvgIpc) is 3.09. The van der Waals surface area contributed by atoms with Crippen LogP contribution in [0, 0.1) is 0 Å². The smallest absolute Gasteiger partial charge is 0.224 e. The molecule has 1 aromatic carbocycles. The Hall–Kier alpha value is -2.04. The maximum Gasteiger partial charge on any atom is 0.224 e. The number of rotatable bonds is 4. The Labute approximate surface area is 118 Å². The summed E-state index contributed by atoms with van der Waals surface area (Å²) in [6.07, 6.45) is 2.82. The number of hydrogen-bond acceptors (Lipinski definition) is 3. The molecule has 1 saturated heterocycles. The van der Waals surface area contributed by atoms with Gasteiger partial charge in [0, 0.05) is 33.1 Å². The first-order valence-electron chi connectivity index (χ1n) is 7.19. The molecule has 1 amide bonds. The molecular weight excluding hydrogens is 252 g/mol. The van der Waals surface area contributed by atoms with Crippen LogP contribution in [0.25, 0.3) is 11.0 Å². The van der Waals surface area contributed by atoms with Gasteiger partial charge in [-0.05, 0) is 25.0 Å². The molecule has 0 aliphatic carbocycles. The number of aromatic nitrogens is 2. The Morgan fingerprint density at radius 2 is 2.05 bits per heavy atom. The number of carbonyl (C=O) groups excluding carboxylic acids is 1. The molecule has 0 unspecified atom stereocenters. The van der Waals surface area contributed by atoms with E-state index in [1.54, 1.807) is 0 Å². The second-order valence-electron chi connectivity index (χ2n) is 5.25. The van der Waals surface area contributed by atoms with Gasteiger partial charge in [0.05, 0.1) is 11.0 Å². The lowest BCUT2D eigenvalue weighted by molar-refractivity contribution is -0.129. The maximum absolute atomic E-state index is 12.0. The topological polar surface area (TPSA) is 50.2 Å². The Balaban J connectivity index is 1.59. The molecule has 1 fully saturated rings. The maximum atomic E-state index is 12.0. The van der Waals surface area contributed by atoms with Crippen LogP contribution in [0.3, 0.4) is 0 Å². The van der Waals surface area contributed by atoms with Crippen LogP contribution in [-0.2, 0) is 11.8 Å². The van der Waals surface area contributed by atoms with Gasteiger partial charge < -0.3 is 14.8 Å². The minimum Gasteiger partial charge on any atom is -0.355 e. The van der Waals surface area contributed by atoms with Crippen LogP contribution in [0.1, 0.15) is 19.3 Å². The van der Waals surface area contributed by atoms with Gasteiger partial charge in [-0.1, -0.05) is 12.1 Å². The summed E-state index contributed by atoms with van der Waals surface area (Å²) in [5.41, 5.74) is 2.07. The summed E-state index contributed by atoms with van der Waals surface area (Å²) in [4.78, 5) is 18.4. The number of likely N-dealkylation sites (tertiary alicyclic amines) is 1. The van der Waals surface area contributed by atoms with E-state index in [0.717, 1.165) is 42.9 Å². The van der Waals surface area contributed by atoms with E-state index in [9.17, 15) is 4.79 Å². The number of fused-ring (bicyclic) bond motifs is 1. The second kappa shape index (κ2) is 5.53. The summed E-state index contributed by atoms with van der Waals surface area (Å²) < 4.78 is 2.02. The minimum atomic E-state index is 0.244. The number of anilines is 1. The number of carbonyl (C=O) groups is 1. The quantitative estimate of drug-likeness (QED) is 0.926. The highest BCUT2D eigenvalue weighted by Gasteiger charge is 2.17. The second-order valence-corrected chi connectivity index (χ2v) is 5.25. The first-order chi connectivity index (χ1) is 9.75. The van der Waals surface area contributed by atoms with Gasteiger partial charge in [-0.2, -0.15) is 0 Å². The van der Waals surface area contributed by atoms with Gasteiger partial charge in [-0.25, -0.2) is 4.98 Å². The molecular formula is C15H20N4O. The van der Waals surface area contributed by atoms with Crippen molar-refractivity contribution in [2.75, 3.05) is 25.0 Å². The molecule has 3 rings (SSSR count). The number of benzene rings is 1. The molecule has 0 spiro atoms. The van der Waals surface area contributed by atoms with E-state index in [1.807, 2.05) is 40.8 Å². The van der Waals surface area contributed by atoms with Crippen LogP contribution >= 0.6 is 0 Å². The lowest BCUT2D eigenvalue weighted by Gasteiger charge is -2.15. The van der Waals surface area contributed by atoms with Gasteiger partial charge in [-0.3, -0.25) is 4.79 Å². The van der Waals surface area contributed by atoms with Gasteiger partial charge in [-0.15, -0.1) is 0 Å². The van der Waals surface area contributed by atoms with Crippen molar-refractivity contribution < 1.29 is 4.79 Å². The van der Waals surface area contributed by atoms with E-state index in [0.29, 0.717) is 13.0 Å². The molecule has 106 valence electrons. The van der Waals surface area contributed by atoms with E-state index in [-0.39, 0.29) is 5.91 Å². The Kier molecular flexibility index (Phi) is 3.58. The highest BCUT2D eigenvalue weighted by molar-refractivity contribution is 5.79. The molecule has 0 atom stereocenters. The summed E-state index contributed by atoms with van der Waals surface area (Å²) in [6, 6.07) is 8.03. The monoisotopic (exact) mass is 272 g/mol. The normalized spacial score (nSPS) is 14.9. The SMILES string of the molecule is Cn1c(NCCC(=O)N2CCCC2)nc2ccccc21. The zero-order valence-corrected chi connectivity index (χ0v) is 11.8. The molecule has 0 radical (unpaired) electrons. The third-order valence-corrected chi connectivity index (χ3v) is 3.87. The molecule has 5 nitrogen and oxygen atoms in total. The lowest BCUT2D eigenvalue weighted by atomic mass is 10.3. The van der Waals surface area contributed by atoms with Crippen LogP contribution in [0.5, 0.6) is 0 Å². The fraction of sp³-hybridized carbons (Fsp3) is 0.467. The number of imidazole rings is 1. The fourth-order valence-corrected chi connectivity index (χ4v) is 2.71. The third-order valence-electron chi connectivity index (χ3n) is 3.87. The number of para-hydroxylation sites is 2. The molecule has 2 aromatic rings. The van der Waals surface area contributed by atoms with Crippen LogP contribution < -0.4 is 5.32 Å². The Morgan fingerprint density at radius 3 is 2.80 bits per heavy atom. The van der Waals surface area contributed by atoms with Crippen LogP contribution in [0.2, 0.25) is 0 Å². The van der Waals surface area contributed by atoms with Gasteiger partial charge >= 0.3 is 0 Å². The molecule has 0 bridgehead atoms. The molecule has 1 aliphatic rings.